The molecule has 0 aromatic heterocycles. The zero-order valence-electron chi connectivity index (χ0n) is 13.8. The van der Waals surface area contributed by atoms with Crippen molar-refractivity contribution in [2.45, 2.75) is 39.2 Å². The van der Waals surface area contributed by atoms with Crippen LogP contribution in [-0.2, 0) is 0 Å². The quantitative estimate of drug-likeness (QED) is 0.768. The largest absolute Gasteiger partial charge is 0.493 e. The molecule has 1 amide bonds. The SMILES string of the molecule is CCOc1ccc(C(=O)NC(CC)(CC)CN)cc1OC.Cl. The number of benzene rings is 1. The second-order valence-corrected chi connectivity index (χ2v) is 4.94. The minimum Gasteiger partial charge on any atom is -0.493 e. The summed E-state index contributed by atoms with van der Waals surface area (Å²) in [7, 11) is 1.56. The fourth-order valence-corrected chi connectivity index (χ4v) is 2.16. The van der Waals surface area contributed by atoms with E-state index in [1.54, 1.807) is 25.3 Å². The van der Waals surface area contributed by atoms with Gasteiger partial charge in [0, 0.05) is 12.1 Å². The minimum absolute atomic E-state index is 0. The average molecular weight is 331 g/mol. The number of methoxy groups -OCH3 is 1. The molecule has 126 valence electrons. The molecule has 0 radical (unpaired) electrons. The first-order valence-corrected chi connectivity index (χ1v) is 7.39. The molecule has 0 atom stereocenters. The van der Waals surface area contributed by atoms with Crippen molar-refractivity contribution in [3.63, 3.8) is 0 Å². The minimum atomic E-state index is -0.358. The molecule has 0 heterocycles. The topological polar surface area (TPSA) is 73.6 Å². The number of carbonyl (C=O) groups excluding carboxylic acids is 1. The van der Waals surface area contributed by atoms with Crippen molar-refractivity contribution in [1.82, 2.24) is 5.32 Å². The summed E-state index contributed by atoms with van der Waals surface area (Å²) in [5.41, 5.74) is 5.99. The molecule has 22 heavy (non-hydrogen) atoms. The second kappa shape index (κ2) is 9.54. The molecule has 0 saturated carbocycles. The number of halogens is 1. The molecular weight excluding hydrogens is 304 g/mol. The third-order valence-electron chi connectivity index (χ3n) is 3.85. The zero-order chi connectivity index (χ0) is 15.9. The van der Waals surface area contributed by atoms with Crippen molar-refractivity contribution in [1.29, 1.82) is 0 Å². The molecule has 0 aliphatic rings. The lowest BCUT2D eigenvalue weighted by molar-refractivity contribution is 0.0895. The van der Waals surface area contributed by atoms with E-state index >= 15 is 0 Å². The lowest BCUT2D eigenvalue weighted by Crippen LogP contribution is -2.52. The maximum atomic E-state index is 12.4. The van der Waals surface area contributed by atoms with Crippen LogP contribution in [0.4, 0.5) is 0 Å². The van der Waals surface area contributed by atoms with Crippen molar-refractivity contribution in [2.24, 2.45) is 5.73 Å². The van der Waals surface area contributed by atoms with Gasteiger partial charge < -0.3 is 20.5 Å². The van der Waals surface area contributed by atoms with Crippen LogP contribution in [0.5, 0.6) is 11.5 Å². The van der Waals surface area contributed by atoms with Gasteiger partial charge in [-0.1, -0.05) is 13.8 Å². The molecule has 0 unspecified atom stereocenters. The summed E-state index contributed by atoms with van der Waals surface area (Å²) in [6.07, 6.45) is 1.58. The fraction of sp³-hybridized carbons (Fsp3) is 0.562. The Balaban J connectivity index is 0.00000441. The van der Waals surface area contributed by atoms with E-state index in [9.17, 15) is 4.79 Å². The van der Waals surface area contributed by atoms with Gasteiger partial charge in [-0.05, 0) is 38.0 Å². The molecule has 1 rings (SSSR count). The normalized spacial score (nSPS) is 10.6. The van der Waals surface area contributed by atoms with E-state index in [4.69, 9.17) is 15.2 Å². The van der Waals surface area contributed by atoms with Gasteiger partial charge in [-0.2, -0.15) is 0 Å². The monoisotopic (exact) mass is 330 g/mol. The van der Waals surface area contributed by atoms with E-state index in [1.807, 2.05) is 20.8 Å². The first-order valence-electron chi connectivity index (χ1n) is 7.39. The van der Waals surface area contributed by atoms with Crippen molar-refractivity contribution in [3.8, 4) is 11.5 Å². The number of rotatable bonds is 8. The van der Waals surface area contributed by atoms with Gasteiger partial charge in [-0.15, -0.1) is 12.4 Å². The number of hydrogen-bond donors (Lipinski definition) is 2. The Labute approximate surface area is 139 Å². The molecule has 0 aliphatic heterocycles. The van der Waals surface area contributed by atoms with Crippen LogP contribution in [0.15, 0.2) is 18.2 Å². The van der Waals surface area contributed by atoms with Gasteiger partial charge in [0.2, 0.25) is 0 Å². The molecule has 0 bridgehead atoms. The van der Waals surface area contributed by atoms with Gasteiger partial charge >= 0.3 is 0 Å². The van der Waals surface area contributed by atoms with Crippen LogP contribution in [0.25, 0.3) is 0 Å². The number of hydrogen-bond acceptors (Lipinski definition) is 4. The Morgan fingerprint density at radius 1 is 1.23 bits per heavy atom. The Hall–Kier alpha value is -1.46. The van der Waals surface area contributed by atoms with Crippen LogP contribution in [0, 0.1) is 0 Å². The predicted octanol–water partition coefficient (Wildman–Crippen LogP) is 2.76. The molecule has 0 fully saturated rings. The third kappa shape index (κ3) is 4.78. The lowest BCUT2D eigenvalue weighted by atomic mass is 9.92. The Morgan fingerprint density at radius 2 is 1.86 bits per heavy atom. The van der Waals surface area contributed by atoms with Crippen molar-refractivity contribution < 1.29 is 14.3 Å². The van der Waals surface area contributed by atoms with E-state index in [-0.39, 0.29) is 23.9 Å². The maximum absolute atomic E-state index is 12.4. The van der Waals surface area contributed by atoms with E-state index in [1.165, 1.54) is 0 Å². The molecule has 6 heteroatoms. The third-order valence-corrected chi connectivity index (χ3v) is 3.85. The molecule has 0 spiro atoms. The zero-order valence-corrected chi connectivity index (χ0v) is 14.6. The van der Waals surface area contributed by atoms with Gasteiger partial charge in [-0.3, -0.25) is 4.79 Å². The number of ether oxygens (including phenoxy) is 2. The number of amides is 1. The second-order valence-electron chi connectivity index (χ2n) is 4.94. The van der Waals surface area contributed by atoms with Crippen molar-refractivity contribution in [2.75, 3.05) is 20.3 Å². The van der Waals surface area contributed by atoms with E-state index in [0.29, 0.717) is 30.2 Å². The number of nitrogens with two attached hydrogens (primary N) is 1. The van der Waals surface area contributed by atoms with Gasteiger partial charge in [0.1, 0.15) is 0 Å². The highest BCUT2D eigenvalue weighted by molar-refractivity contribution is 5.95. The maximum Gasteiger partial charge on any atom is 0.251 e. The molecule has 1 aromatic carbocycles. The van der Waals surface area contributed by atoms with Gasteiger partial charge in [0.15, 0.2) is 11.5 Å². The summed E-state index contributed by atoms with van der Waals surface area (Å²) in [4.78, 5) is 12.4. The summed E-state index contributed by atoms with van der Waals surface area (Å²) in [6, 6.07) is 5.17. The molecule has 0 saturated heterocycles. The highest BCUT2D eigenvalue weighted by Crippen LogP contribution is 2.28. The van der Waals surface area contributed by atoms with E-state index < -0.39 is 0 Å². The molecule has 5 nitrogen and oxygen atoms in total. The highest BCUT2D eigenvalue weighted by Gasteiger charge is 2.27. The first kappa shape index (κ1) is 20.5. The number of carbonyl (C=O) groups is 1. The lowest BCUT2D eigenvalue weighted by Gasteiger charge is -2.31. The highest BCUT2D eigenvalue weighted by atomic mass is 35.5. The van der Waals surface area contributed by atoms with Crippen LogP contribution in [0.2, 0.25) is 0 Å². The fourth-order valence-electron chi connectivity index (χ4n) is 2.16. The molecule has 3 N–H and O–H groups in total. The summed E-state index contributed by atoms with van der Waals surface area (Å²) in [6.45, 7) is 6.91. The van der Waals surface area contributed by atoms with Crippen LogP contribution in [0.3, 0.4) is 0 Å². The first-order chi connectivity index (χ1) is 10.1. The summed E-state index contributed by atoms with van der Waals surface area (Å²) in [5, 5.41) is 3.04. The predicted molar refractivity (Wildman–Crippen MR) is 91.2 cm³/mol. The molecular formula is C16H27ClN2O3. The van der Waals surface area contributed by atoms with Crippen molar-refractivity contribution >= 4 is 18.3 Å². The van der Waals surface area contributed by atoms with Crippen molar-refractivity contribution in [3.05, 3.63) is 23.8 Å². The number of nitrogens with one attached hydrogen (secondary N) is 1. The van der Waals surface area contributed by atoms with Crippen LogP contribution in [-0.4, -0.2) is 31.7 Å². The smallest absolute Gasteiger partial charge is 0.251 e. The van der Waals surface area contributed by atoms with E-state index in [2.05, 4.69) is 5.32 Å². The Bertz CT molecular complexity index is 468. The van der Waals surface area contributed by atoms with Crippen LogP contribution >= 0.6 is 12.4 Å². The summed E-state index contributed by atoms with van der Waals surface area (Å²) < 4.78 is 10.7. The average Bonchev–Trinajstić information content (AvgIpc) is 2.53. The van der Waals surface area contributed by atoms with Gasteiger partial charge in [0.05, 0.1) is 19.3 Å². The van der Waals surface area contributed by atoms with Gasteiger partial charge in [-0.25, -0.2) is 0 Å². The molecule has 1 aromatic rings. The Morgan fingerprint density at radius 3 is 2.32 bits per heavy atom. The van der Waals surface area contributed by atoms with Crippen LogP contribution in [0.1, 0.15) is 44.0 Å². The van der Waals surface area contributed by atoms with Gasteiger partial charge in [0.25, 0.3) is 5.91 Å². The van der Waals surface area contributed by atoms with Crippen LogP contribution < -0.4 is 20.5 Å². The van der Waals surface area contributed by atoms with E-state index in [0.717, 1.165) is 12.8 Å². The summed E-state index contributed by atoms with van der Waals surface area (Å²) in [5.74, 6) is 1.04. The standard InChI is InChI=1S/C16H26N2O3.ClH/c1-5-16(6-2,11-17)18-15(19)12-8-9-13(21-7-3)14(10-12)20-4;/h8-10H,5-7,11,17H2,1-4H3,(H,18,19);1H. The Kier molecular flexibility index (Phi) is 8.90. The summed E-state index contributed by atoms with van der Waals surface area (Å²) >= 11 is 0. The molecule has 0 aliphatic carbocycles.